The van der Waals surface area contributed by atoms with Crippen molar-refractivity contribution in [3.8, 4) is 0 Å². The van der Waals surface area contributed by atoms with E-state index in [1.165, 1.54) is 0 Å². The second-order valence-electron chi connectivity index (χ2n) is 2.32. The normalized spacial score (nSPS) is 11.8. The Kier molecular flexibility index (Phi) is 2.15. The van der Waals surface area contributed by atoms with Gasteiger partial charge in [-0.15, -0.1) is 0 Å². The van der Waals surface area contributed by atoms with Gasteiger partial charge in [0.05, 0.1) is 5.56 Å². The molecule has 0 spiro atoms. The third kappa shape index (κ3) is 1.71. The number of hydrogen-bond donors (Lipinski definition) is 1. The predicted octanol–water partition coefficient (Wildman–Crippen LogP) is 2.57. The molecule has 72 valence electrons. The van der Waals surface area contributed by atoms with E-state index in [2.05, 4.69) is 0 Å². The third-order valence-electron chi connectivity index (χ3n) is 1.43. The van der Waals surface area contributed by atoms with Gasteiger partial charge in [0.25, 0.3) is 0 Å². The van der Waals surface area contributed by atoms with Crippen LogP contribution in [0.25, 0.3) is 0 Å². The Hall–Kier alpha value is -1.33. The monoisotopic (exact) mass is 197 g/mol. The number of anilines is 1. The lowest BCUT2D eigenvalue weighted by atomic mass is 10.1. The van der Waals surface area contributed by atoms with Crippen molar-refractivity contribution in [2.24, 2.45) is 0 Å². The second-order valence-corrected chi connectivity index (χ2v) is 2.32. The molecule has 0 aromatic heterocycles. The fraction of sp³-hybridized carbons (Fsp3) is 0.143. The van der Waals surface area contributed by atoms with E-state index in [9.17, 15) is 22.0 Å². The highest BCUT2D eigenvalue weighted by Gasteiger charge is 2.35. The van der Waals surface area contributed by atoms with E-state index in [4.69, 9.17) is 5.73 Å². The van der Waals surface area contributed by atoms with Gasteiger partial charge < -0.3 is 5.73 Å². The molecule has 1 rings (SSSR count). The van der Waals surface area contributed by atoms with Crippen molar-refractivity contribution in [2.75, 3.05) is 5.73 Å². The van der Waals surface area contributed by atoms with E-state index < -0.39 is 29.1 Å². The summed E-state index contributed by atoms with van der Waals surface area (Å²) < 4.78 is 60.9. The number of nitrogen functional groups attached to an aromatic ring is 1. The standard InChI is InChI=1S/C7H4F5N/c8-4-2-1-3(7(10,11)12)5(9)6(4)13/h1-2H,13H2. The summed E-state index contributed by atoms with van der Waals surface area (Å²) >= 11 is 0. The Labute approximate surface area is 70.0 Å². The fourth-order valence-electron chi connectivity index (χ4n) is 0.788. The van der Waals surface area contributed by atoms with Crippen LogP contribution in [0, 0.1) is 11.6 Å². The summed E-state index contributed by atoms with van der Waals surface area (Å²) in [7, 11) is 0. The maximum absolute atomic E-state index is 12.7. The lowest BCUT2D eigenvalue weighted by Gasteiger charge is -2.09. The van der Waals surface area contributed by atoms with Gasteiger partial charge in [0.2, 0.25) is 0 Å². The van der Waals surface area contributed by atoms with Crippen LogP contribution in [0.15, 0.2) is 12.1 Å². The molecule has 13 heavy (non-hydrogen) atoms. The predicted molar refractivity (Wildman–Crippen MR) is 35.8 cm³/mol. The van der Waals surface area contributed by atoms with Gasteiger partial charge in [0.15, 0.2) is 5.82 Å². The molecule has 0 aliphatic rings. The second kappa shape index (κ2) is 2.86. The molecule has 0 fully saturated rings. The number of nitrogens with two attached hydrogens (primary N) is 1. The van der Waals surface area contributed by atoms with Crippen molar-refractivity contribution in [2.45, 2.75) is 6.18 Å². The Morgan fingerprint density at radius 3 is 2.08 bits per heavy atom. The number of halogens is 5. The Morgan fingerprint density at radius 2 is 1.62 bits per heavy atom. The topological polar surface area (TPSA) is 26.0 Å². The minimum absolute atomic E-state index is 0.307. The molecule has 0 unspecified atom stereocenters. The first-order chi connectivity index (χ1) is 5.84. The molecule has 0 bridgehead atoms. The molecule has 0 atom stereocenters. The summed E-state index contributed by atoms with van der Waals surface area (Å²) in [6.45, 7) is 0. The van der Waals surface area contributed by atoms with E-state index in [0.29, 0.717) is 12.1 Å². The molecule has 2 N–H and O–H groups in total. The molecule has 0 aliphatic heterocycles. The summed E-state index contributed by atoms with van der Waals surface area (Å²) in [5.41, 5.74) is 2.05. The molecule has 0 aliphatic carbocycles. The summed E-state index contributed by atoms with van der Waals surface area (Å²) in [6, 6.07) is 0.780. The summed E-state index contributed by atoms with van der Waals surface area (Å²) in [4.78, 5) is 0. The third-order valence-corrected chi connectivity index (χ3v) is 1.43. The van der Waals surface area contributed by atoms with E-state index in [1.807, 2.05) is 0 Å². The smallest absolute Gasteiger partial charge is 0.394 e. The summed E-state index contributed by atoms with van der Waals surface area (Å²) in [5.74, 6) is -2.97. The number of hydrogen-bond acceptors (Lipinski definition) is 1. The van der Waals surface area contributed by atoms with Crippen molar-refractivity contribution in [1.29, 1.82) is 0 Å². The zero-order valence-corrected chi connectivity index (χ0v) is 6.12. The van der Waals surface area contributed by atoms with Crippen LogP contribution in [0.1, 0.15) is 5.56 Å². The fourth-order valence-corrected chi connectivity index (χ4v) is 0.788. The summed E-state index contributed by atoms with van der Waals surface area (Å²) in [6.07, 6.45) is -4.86. The van der Waals surface area contributed by atoms with Crippen molar-refractivity contribution in [3.05, 3.63) is 29.3 Å². The highest BCUT2D eigenvalue weighted by molar-refractivity contribution is 5.45. The van der Waals surface area contributed by atoms with Crippen LogP contribution < -0.4 is 5.73 Å². The van der Waals surface area contributed by atoms with Crippen LogP contribution in [0.3, 0.4) is 0 Å². The molecule has 0 saturated carbocycles. The molecular formula is C7H4F5N. The van der Waals surface area contributed by atoms with E-state index in [0.717, 1.165) is 0 Å². The van der Waals surface area contributed by atoms with Crippen molar-refractivity contribution >= 4 is 5.69 Å². The molecule has 6 heteroatoms. The van der Waals surface area contributed by atoms with Gasteiger partial charge in [-0.1, -0.05) is 0 Å². The van der Waals surface area contributed by atoms with Gasteiger partial charge in [-0.25, -0.2) is 8.78 Å². The molecule has 0 amide bonds. The van der Waals surface area contributed by atoms with E-state index >= 15 is 0 Å². The lowest BCUT2D eigenvalue weighted by Crippen LogP contribution is -2.10. The first-order valence-electron chi connectivity index (χ1n) is 3.14. The highest BCUT2D eigenvalue weighted by atomic mass is 19.4. The van der Waals surface area contributed by atoms with Crippen molar-refractivity contribution < 1.29 is 22.0 Å². The Bertz CT molecular complexity index is 330. The highest BCUT2D eigenvalue weighted by Crippen LogP contribution is 2.33. The zero-order valence-electron chi connectivity index (χ0n) is 6.12. The van der Waals surface area contributed by atoms with Crippen LogP contribution in [0.5, 0.6) is 0 Å². The van der Waals surface area contributed by atoms with Crippen LogP contribution in [-0.4, -0.2) is 0 Å². The van der Waals surface area contributed by atoms with Crippen LogP contribution >= 0.6 is 0 Å². The Balaban J connectivity index is 3.35. The lowest BCUT2D eigenvalue weighted by molar-refractivity contribution is -0.139. The largest absolute Gasteiger partial charge is 0.419 e. The average Bonchev–Trinajstić information content (AvgIpc) is 1.98. The molecule has 1 nitrogen and oxygen atoms in total. The maximum atomic E-state index is 12.7. The van der Waals surface area contributed by atoms with Gasteiger partial charge in [0.1, 0.15) is 11.5 Å². The minimum atomic E-state index is -4.86. The Morgan fingerprint density at radius 1 is 1.08 bits per heavy atom. The minimum Gasteiger partial charge on any atom is -0.394 e. The van der Waals surface area contributed by atoms with Gasteiger partial charge in [-0.3, -0.25) is 0 Å². The van der Waals surface area contributed by atoms with Gasteiger partial charge in [-0.2, -0.15) is 13.2 Å². The molecule has 1 aromatic carbocycles. The number of alkyl halides is 3. The van der Waals surface area contributed by atoms with E-state index in [1.54, 1.807) is 0 Å². The van der Waals surface area contributed by atoms with Crippen molar-refractivity contribution in [1.82, 2.24) is 0 Å². The quantitative estimate of drug-likeness (QED) is 0.502. The number of benzene rings is 1. The molecule has 0 heterocycles. The molecular weight excluding hydrogens is 193 g/mol. The molecule has 0 saturated heterocycles. The van der Waals surface area contributed by atoms with Gasteiger partial charge >= 0.3 is 6.18 Å². The van der Waals surface area contributed by atoms with Crippen molar-refractivity contribution in [3.63, 3.8) is 0 Å². The maximum Gasteiger partial charge on any atom is 0.419 e. The first-order valence-corrected chi connectivity index (χ1v) is 3.14. The SMILES string of the molecule is Nc1c(F)ccc(C(F)(F)F)c1F. The van der Waals surface area contributed by atoms with Gasteiger partial charge in [0, 0.05) is 0 Å². The van der Waals surface area contributed by atoms with Gasteiger partial charge in [-0.05, 0) is 12.1 Å². The van der Waals surface area contributed by atoms with E-state index in [-0.39, 0.29) is 0 Å². The number of rotatable bonds is 0. The molecule has 1 aromatic rings. The molecule has 0 radical (unpaired) electrons. The summed E-state index contributed by atoms with van der Waals surface area (Å²) in [5, 5.41) is 0. The van der Waals surface area contributed by atoms with Crippen LogP contribution in [0.4, 0.5) is 27.6 Å². The average molecular weight is 197 g/mol. The zero-order chi connectivity index (χ0) is 10.2. The van der Waals surface area contributed by atoms with Crippen LogP contribution in [0.2, 0.25) is 0 Å². The first kappa shape index (κ1) is 9.76. The van der Waals surface area contributed by atoms with Crippen LogP contribution in [-0.2, 0) is 6.18 Å².